The molecule has 1 amide bonds. The van der Waals surface area contributed by atoms with Crippen LogP contribution < -0.4 is 5.32 Å². The quantitative estimate of drug-likeness (QED) is 0.913. The van der Waals surface area contributed by atoms with Gasteiger partial charge in [0.25, 0.3) is 0 Å². The molecule has 1 heterocycles. The molecule has 2 unspecified atom stereocenters. The molecule has 1 aliphatic heterocycles. The van der Waals surface area contributed by atoms with Crippen LogP contribution in [0.1, 0.15) is 52.1 Å². The second kappa shape index (κ2) is 7.82. The summed E-state index contributed by atoms with van der Waals surface area (Å²) in [4.78, 5) is 14.3. The summed E-state index contributed by atoms with van der Waals surface area (Å²) in [6, 6.07) is 11.0. The van der Waals surface area contributed by atoms with Crippen LogP contribution in [0.5, 0.6) is 0 Å². The number of carbonyl (C=O) groups excluding carboxylic acids is 1. The molecular weight excluding hydrogens is 288 g/mol. The molecule has 4 nitrogen and oxygen atoms in total. The highest BCUT2D eigenvalue weighted by Gasteiger charge is 2.25. The van der Waals surface area contributed by atoms with Crippen molar-refractivity contribution in [2.24, 2.45) is 5.92 Å². The van der Waals surface area contributed by atoms with E-state index in [1.165, 1.54) is 12.0 Å². The van der Waals surface area contributed by atoms with Crippen LogP contribution >= 0.6 is 0 Å². The largest absolute Gasteiger partial charge is 0.444 e. The Kier molecular flexibility index (Phi) is 6.05. The first-order valence-corrected chi connectivity index (χ1v) is 8.61. The van der Waals surface area contributed by atoms with Crippen molar-refractivity contribution in [3.63, 3.8) is 0 Å². The molecule has 0 saturated carbocycles. The maximum absolute atomic E-state index is 11.8. The molecule has 1 saturated heterocycles. The van der Waals surface area contributed by atoms with E-state index in [1.807, 2.05) is 20.8 Å². The van der Waals surface area contributed by atoms with Crippen molar-refractivity contribution in [2.45, 2.75) is 52.2 Å². The lowest BCUT2D eigenvalue weighted by Crippen LogP contribution is -2.43. The Balaban J connectivity index is 1.83. The maximum Gasteiger partial charge on any atom is 0.407 e. The van der Waals surface area contributed by atoms with Crippen molar-refractivity contribution in [2.75, 3.05) is 19.6 Å². The fraction of sp³-hybridized carbons (Fsp3) is 0.632. The third kappa shape index (κ3) is 5.87. The van der Waals surface area contributed by atoms with Crippen molar-refractivity contribution in [3.05, 3.63) is 35.9 Å². The summed E-state index contributed by atoms with van der Waals surface area (Å²) in [6.45, 7) is 10.8. The lowest BCUT2D eigenvalue weighted by molar-refractivity contribution is 0.0501. The lowest BCUT2D eigenvalue weighted by Gasteiger charge is -2.37. The molecule has 0 radical (unpaired) electrons. The Morgan fingerprint density at radius 1 is 1.35 bits per heavy atom. The Hall–Kier alpha value is -1.55. The van der Waals surface area contributed by atoms with E-state index < -0.39 is 5.60 Å². The molecule has 2 rings (SSSR count). The van der Waals surface area contributed by atoms with Crippen LogP contribution in [0.25, 0.3) is 0 Å². The number of benzene rings is 1. The van der Waals surface area contributed by atoms with E-state index in [0.29, 0.717) is 18.5 Å². The van der Waals surface area contributed by atoms with Crippen LogP contribution in [0, 0.1) is 5.92 Å². The van der Waals surface area contributed by atoms with Crippen LogP contribution in [0.4, 0.5) is 4.79 Å². The van der Waals surface area contributed by atoms with E-state index in [9.17, 15) is 4.79 Å². The number of amides is 1. The summed E-state index contributed by atoms with van der Waals surface area (Å²) < 4.78 is 5.31. The molecule has 1 fully saturated rings. The van der Waals surface area contributed by atoms with Crippen LogP contribution in [0.3, 0.4) is 0 Å². The zero-order chi connectivity index (χ0) is 16.9. The Labute approximate surface area is 140 Å². The molecule has 23 heavy (non-hydrogen) atoms. The third-order valence-corrected chi connectivity index (χ3v) is 4.31. The van der Waals surface area contributed by atoms with Gasteiger partial charge in [0, 0.05) is 19.1 Å². The predicted octanol–water partition coefficient (Wildman–Crippen LogP) is 3.98. The van der Waals surface area contributed by atoms with E-state index in [2.05, 4.69) is 47.5 Å². The van der Waals surface area contributed by atoms with Gasteiger partial charge in [0.1, 0.15) is 5.60 Å². The Morgan fingerprint density at radius 2 is 2.04 bits per heavy atom. The third-order valence-electron chi connectivity index (χ3n) is 4.31. The molecule has 1 N–H and O–H groups in total. The summed E-state index contributed by atoms with van der Waals surface area (Å²) in [5.74, 6) is 0.488. The molecule has 2 atom stereocenters. The fourth-order valence-electron chi connectivity index (χ4n) is 3.10. The van der Waals surface area contributed by atoms with Crippen molar-refractivity contribution in [1.82, 2.24) is 10.2 Å². The SMILES string of the molecule is CC(c1ccccc1)N1CCCC(CNC(=O)OC(C)(C)C)C1. The normalized spacial score (nSPS) is 20.8. The van der Waals surface area contributed by atoms with Gasteiger partial charge in [0.05, 0.1) is 0 Å². The van der Waals surface area contributed by atoms with Crippen LogP contribution in [0.2, 0.25) is 0 Å². The molecule has 1 aromatic rings. The highest BCUT2D eigenvalue weighted by molar-refractivity contribution is 5.67. The number of alkyl carbamates (subject to hydrolysis) is 1. The summed E-state index contributed by atoms with van der Waals surface area (Å²) in [7, 11) is 0. The van der Waals surface area contributed by atoms with Gasteiger partial charge in [-0.1, -0.05) is 30.3 Å². The number of hydrogen-bond acceptors (Lipinski definition) is 3. The fourth-order valence-corrected chi connectivity index (χ4v) is 3.10. The van der Waals surface area contributed by atoms with Crippen molar-refractivity contribution < 1.29 is 9.53 Å². The number of likely N-dealkylation sites (tertiary alicyclic amines) is 1. The summed E-state index contributed by atoms with van der Waals surface area (Å²) in [6.07, 6.45) is 2.02. The first-order chi connectivity index (χ1) is 10.8. The van der Waals surface area contributed by atoms with E-state index in [-0.39, 0.29) is 6.09 Å². The zero-order valence-corrected chi connectivity index (χ0v) is 14.8. The predicted molar refractivity (Wildman–Crippen MR) is 93.4 cm³/mol. The molecule has 0 aliphatic carbocycles. The monoisotopic (exact) mass is 318 g/mol. The molecule has 0 spiro atoms. The highest BCUT2D eigenvalue weighted by Crippen LogP contribution is 2.26. The minimum absolute atomic E-state index is 0.314. The van der Waals surface area contributed by atoms with Crippen molar-refractivity contribution >= 4 is 6.09 Å². The van der Waals surface area contributed by atoms with Gasteiger partial charge in [-0.25, -0.2) is 4.79 Å². The average Bonchev–Trinajstić information content (AvgIpc) is 2.52. The van der Waals surface area contributed by atoms with Crippen molar-refractivity contribution in [3.8, 4) is 0 Å². The van der Waals surface area contributed by atoms with E-state index in [1.54, 1.807) is 0 Å². The molecule has 128 valence electrons. The van der Waals surface area contributed by atoms with E-state index in [4.69, 9.17) is 4.74 Å². The van der Waals surface area contributed by atoms with Crippen LogP contribution in [0.15, 0.2) is 30.3 Å². The molecular formula is C19H30N2O2. The number of hydrogen-bond donors (Lipinski definition) is 1. The second-order valence-corrected chi connectivity index (χ2v) is 7.47. The maximum atomic E-state index is 11.8. The minimum Gasteiger partial charge on any atom is -0.444 e. The van der Waals surface area contributed by atoms with Crippen LogP contribution in [-0.4, -0.2) is 36.2 Å². The second-order valence-electron chi connectivity index (χ2n) is 7.47. The summed E-state index contributed by atoms with van der Waals surface area (Å²) in [5, 5.41) is 2.92. The topological polar surface area (TPSA) is 41.6 Å². The van der Waals surface area contributed by atoms with Gasteiger partial charge in [0.15, 0.2) is 0 Å². The number of piperidine rings is 1. The number of nitrogens with one attached hydrogen (secondary N) is 1. The van der Waals surface area contributed by atoms with Crippen LogP contribution in [-0.2, 0) is 4.74 Å². The van der Waals surface area contributed by atoms with Gasteiger partial charge in [-0.05, 0) is 58.6 Å². The first-order valence-electron chi connectivity index (χ1n) is 8.61. The number of ether oxygens (including phenoxy) is 1. The first kappa shape index (κ1) is 17.8. The molecule has 1 aliphatic rings. The van der Waals surface area contributed by atoms with E-state index >= 15 is 0 Å². The summed E-state index contributed by atoms with van der Waals surface area (Å²) >= 11 is 0. The molecule has 4 heteroatoms. The molecule has 0 aromatic heterocycles. The number of nitrogens with zero attached hydrogens (tertiary/aromatic N) is 1. The van der Waals surface area contributed by atoms with Gasteiger partial charge in [-0.2, -0.15) is 0 Å². The Morgan fingerprint density at radius 3 is 2.70 bits per heavy atom. The average molecular weight is 318 g/mol. The smallest absolute Gasteiger partial charge is 0.407 e. The standard InChI is InChI=1S/C19H30N2O2/c1-15(17-10-6-5-7-11-17)21-12-8-9-16(14-21)13-20-18(22)23-19(2,3)4/h5-7,10-11,15-16H,8-9,12-14H2,1-4H3,(H,20,22). The highest BCUT2D eigenvalue weighted by atomic mass is 16.6. The van der Waals surface area contributed by atoms with Gasteiger partial charge in [-0.3, -0.25) is 4.90 Å². The summed E-state index contributed by atoms with van der Waals surface area (Å²) in [5.41, 5.74) is 0.915. The van der Waals surface area contributed by atoms with Gasteiger partial charge >= 0.3 is 6.09 Å². The van der Waals surface area contributed by atoms with Gasteiger partial charge in [-0.15, -0.1) is 0 Å². The lowest BCUT2D eigenvalue weighted by atomic mass is 9.95. The van der Waals surface area contributed by atoms with Gasteiger partial charge in [0.2, 0.25) is 0 Å². The Bertz CT molecular complexity index is 496. The van der Waals surface area contributed by atoms with E-state index in [0.717, 1.165) is 19.5 Å². The minimum atomic E-state index is -0.440. The van der Waals surface area contributed by atoms with Crippen molar-refractivity contribution in [1.29, 1.82) is 0 Å². The molecule has 0 bridgehead atoms. The molecule has 1 aromatic carbocycles. The number of carbonyl (C=O) groups is 1. The zero-order valence-electron chi connectivity index (χ0n) is 14.8. The number of rotatable bonds is 4. The van der Waals surface area contributed by atoms with Gasteiger partial charge < -0.3 is 10.1 Å².